The molecule has 3 rings (SSSR count). The number of carbonyl (C=O) groups excluding carboxylic acids is 1. The zero-order valence-electron chi connectivity index (χ0n) is 13.6. The third kappa shape index (κ3) is 3.41. The average Bonchev–Trinajstić information content (AvgIpc) is 2.60. The van der Waals surface area contributed by atoms with E-state index in [1.54, 1.807) is 12.4 Å². The molecule has 5 nitrogen and oxygen atoms in total. The fourth-order valence-corrected chi connectivity index (χ4v) is 3.82. The van der Waals surface area contributed by atoms with Crippen LogP contribution in [-0.2, 0) is 4.79 Å². The number of ketones is 1. The van der Waals surface area contributed by atoms with E-state index in [2.05, 4.69) is 43.8 Å². The van der Waals surface area contributed by atoms with Crippen LogP contribution in [0.3, 0.4) is 0 Å². The van der Waals surface area contributed by atoms with Gasteiger partial charge in [-0.2, -0.15) is 5.26 Å². The highest BCUT2D eigenvalue weighted by atomic mass is 79.9. The van der Waals surface area contributed by atoms with Gasteiger partial charge in [0.25, 0.3) is 0 Å². The first-order valence-corrected chi connectivity index (χ1v) is 9.21. The molecule has 0 N–H and O–H groups in total. The molecule has 1 aromatic heterocycles. The molecule has 1 aliphatic heterocycles. The standard InChI is InChI=1S/C18H19BrN4O/c1-12-6-13(7-15(24)8-19)11-23(10-12)16-3-2-14(9-20)17-18(16)22-5-4-21-17/h2-5,12-13H,6-8,10-11H2,1H3/t12-,13-/m0/s1. The molecule has 1 fully saturated rings. The molecule has 0 spiro atoms. The molecule has 24 heavy (non-hydrogen) atoms. The summed E-state index contributed by atoms with van der Waals surface area (Å²) in [5.41, 5.74) is 2.94. The molecule has 1 saturated heterocycles. The fraction of sp³-hybridized carbons (Fsp3) is 0.444. The van der Waals surface area contributed by atoms with Gasteiger partial charge < -0.3 is 4.90 Å². The van der Waals surface area contributed by atoms with E-state index >= 15 is 0 Å². The number of alkyl halides is 1. The van der Waals surface area contributed by atoms with Gasteiger partial charge in [-0.05, 0) is 30.4 Å². The molecule has 2 aromatic rings. The summed E-state index contributed by atoms with van der Waals surface area (Å²) < 4.78 is 0. The Hall–Kier alpha value is -2.00. The second kappa shape index (κ2) is 7.27. The van der Waals surface area contributed by atoms with Gasteiger partial charge in [0.2, 0.25) is 0 Å². The third-order valence-electron chi connectivity index (χ3n) is 4.48. The largest absolute Gasteiger partial charge is 0.369 e. The van der Waals surface area contributed by atoms with Gasteiger partial charge in [-0.25, -0.2) is 0 Å². The van der Waals surface area contributed by atoms with E-state index in [0.717, 1.165) is 30.7 Å². The molecule has 1 aliphatic rings. The van der Waals surface area contributed by atoms with Crippen LogP contribution in [-0.4, -0.2) is 34.2 Å². The maximum absolute atomic E-state index is 11.8. The third-order valence-corrected chi connectivity index (χ3v) is 5.10. The molecule has 0 radical (unpaired) electrons. The van der Waals surface area contributed by atoms with Crippen LogP contribution in [0.1, 0.15) is 25.3 Å². The number of anilines is 1. The van der Waals surface area contributed by atoms with Crippen molar-refractivity contribution in [3.8, 4) is 6.07 Å². The number of carbonyl (C=O) groups is 1. The number of piperidine rings is 1. The molecule has 124 valence electrons. The lowest BCUT2D eigenvalue weighted by atomic mass is 9.87. The molecule has 2 heterocycles. The fourth-order valence-electron chi connectivity index (χ4n) is 3.59. The van der Waals surface area contributed by atoms with Crippen molar-refractivity contribution in [1.82, 2.24) is 9.97 Å². The van der Waals surface area contributed by atoms with Crippen molar-refractivity contribution in [1.29, 1.82) is 5.26 Å². The Kier molecular flexibility index (Phi) is 5.10. The smallest absolute Gasteiger partial charge is 0.143 e. The number of benzene rings is 1. The second-order valence-corrected chi connectivity index (χ2v) is 7.05. The maximum atomic E-state index is 11.8. The number of fused-ring (bicyclic) bond motifs is 1. The topological polar surface area (TPSA) is 69.9 Å². The lowest BCUT2D eigenvalue weighted by Crippen LogP contribution is -2.40. The van der Waals surface area contributed by atoms with Gasteiger partial charge in [0.15, 0.2) is 0 Å². The predicted molar refractivity (Wildman–Crippen MR) is 97.2 cm³/mol. The van der Waals surface area contributed by atoms with Crippen molar-refractivity contribution < 1.29 is 4.79 Å². The molecule has 0 unspecified atom stereocenters. The summed E-state index contributed by atoms with van der Waals surface area (Å²) in [7, 11) is 0. The van der Waals surface area contributed by atoms with E-state index in [-0.39, 0.29) is 5.78 Å². The molecule has 0 aliphatic carbocycles. The number of hydrogen-bond donors (Lipinski definition) is 0. The Bertz CT molecular complexity index is 801. The molecule has 0 saturated carbocycles. The first kappa shape index (κ1) is 16.8. The quantitative estimate of drug-likeness (QED) is 0.753. The predicted octanol–water partition coefficient (Wildman–Crippen LogP) is 3.32. The highest BCUT2D eigenvalue weighted by molar-refractivity contribution is 9.09. The minimum atomic E-state index is 0.249. The Morgan fingerprint density at radius 1 is 1.33 bits per heavy atom. The summed E-state index contributed by atoms with van der Waals surface area (Å²) in [6.45, 7) is 3.98. The van der Waals surface area contributed by atoms with Gasteiger partial charge >= 0.3 is 0 Å². The number of rotatable bonds is 4. The van der Waals surface area contributed by atoms with E-state index < -0.39 is 0 Å². The molecule has 1 aromatic carbocycles. The number of aromatic nitrogens is 2. The van der Waals surface area contributed by atoms with Crippen LogP contribution in [0, 0.1) is 23.2 Å². The van der Waals surface area contributed by atoms with Crippen molar-refractivity contribution in [2.75, 3.05) is 23.3 Å². The Morgan fingerprint density at radius 3 is 2.79 bits per heavy atom. The van der Waals surface area contributed by atoms with Crippen LogP contribution in [0.4, 0.5) is 5.69 Å². The van der Waals surface area contributed by atoms with Crippen LogP contribution in [0.2, 0.25) is 0 Å². The zero-order valence-corrected chi connectivity index (χ0v) is 15.2. The molecule has 0 amide bonds. The van der Waals surface area contributed by atoms with E-state index in [1.165, 1.54) is 0 Å². The van der Waals surface area contributed by atoms with Crippen LogP contribution >= 0.6 is 15.9 Å². The molecule has 6 heteroatoms. The summed E-state index contributed by atoms with van der Waals surface area (Å²) in [5, 5.41) is 9.69. The lowest BCUT2D eigenvalue weighted by molar-refractivity contribution is -0.117. The highest BCUT2D eigenvalue weighted by Crippen LogP contribution is 2.32. The average molecular weight is 387 g/mol. The van der Waals surface area contributed by atoms with Crippen molar-refractivity contribution in [3.63, 3.8) is 0 Å². The molecule has 2 atom stereocenters. The van der Waals surface area contributed by atoms with Crippen LogP contribution in [0.25, 0.3) is 11.0 Å². The minimum Gasteiger partial charge on any atom is -0.369 e. The van der Waals surface area contributed by atoms with Crippen LogP contribution < -0.4 is 4.90 Å². The van der Waals surface area contributed by atoms with Crippen molar-refractivity contribution in [2.45, 2.75) is 19.8 Å². The van der Waals surface area contributed by atoms with Gasteiger partial charge in [0, 0.05) is 31.9 Å². The van der Waals surface area contributed by atoms with E-state index in [9.17, 15) is 10.1 Å². The van der Waals surface area contributed by atoms with Crippen molar-refractivity contribution >= 4 is 38.4 Å². The first-order valence-electron chi connectivity index (χ1n) is 8.08. The van der Waals surface area contributed by atoms with Gasteiger partial charge in [-0.15, -0.1) is 0 Å². The summed E-state index contributed by atoms with van der Waals surface area (Å²) in [6.07, 6.45) is 4.94. The summed E-state index contributed by atoms with van der Waals surface area (Å²) in [5.74, 6) is 1.11. The SMILES string of the molecule is C[C@H]1C[C@@H](CC(=O)CBr)CN(c2ccc(C#N)c3nccnc23)C1. The van der Waals surface area contributed by atoms with Gasteiger partial charge in [-0.1, -0.05) is 22.9 Å². The monoisotopic (exact) mass is 386 g/mol. The normalized spacial score (nSPS) is 20.8. The van der Waals surface area contributed by atoms with Crippen molar-refractivity contribution in [3.05, 3.63) is 30.1 Å². The van der Waals surface area contributed by atoms with Crippen LogP contribution in [0.5, 0.6) is 0 Å². The second-order valence-electron chi connectivity index (χ2n) is 6.49. The maximum Gasteiger partial charge on any atom is 0.143 e. The lowest BCUT2D eigenvalue weighted by Gasteiger charge is -2.38. The summed E-state index contributed by atoms with van der Waals surface area (Å²) in [4.78, 5) is 22.9. The molecule has 0 bridgehead atoms. The van der Waals surface area contributed by atoms with Gasteiger partial charge in [0.05, 0.1) is 16.6 Å². The van der Waals surface area contributed by atoms with E-state index in [1.807, 2.05) is 12.1 Å². The number of halogens is 1. The highest BCUT2D eigenvalue weighted by Gasteiger charge is 2.27. The van der Waals surface area contributed by atoms with E-state index in [0.29, 0.717) is 34.7 Å². The minimum absolute atomic E-state index is 0.249. The number of Topliss-reactive ketones (excluding diaryl/α,β-unsaturated/α-hetero) is 1. The zero-order chi connectivity index (χ0) is 17.1. The van der Waals surface area contributed by atoms with Gasteiger partial charge in [0.1, 0.15) is 22.9 Å². The van der Waals surface area contributed by atoms with E-state index in [4.69, 9.17) is 0 Å². The van der Waals surface area contributed by atoms with Crippen LogP contribution in [0.15, 0.2) is 24.5 Å². The summed E-state index contributed by atoms with van der Waals surface area (Å²) in [6, 6.07) is 5.95. The summed E-state index contributed by atoms with van der Waals surface area (Å²) >= 11 is 3.25. The molecular formula is C18H19BrN4O. The number of nitrogens with zero attached hydrogens (tertiary/aromatic N) is 4. The number of nitriles is 1. The Labute approximate surface area is 149 Å². The number of hydrogen-bond acceptors (Lipinski definition) is 5. The molecular weight excluding hydrogens is 368 g/mol. The Morgan fingerprint density at radius 2 is 2.08 bits per heavy atom. The first-order chi connectivity index (χ1) is 11.6. The van der Waals surface area contributed by atoms with Gasteiger partial charge in [-0.3, -0.25) is 14.8 Å². The van der Waals surface area contributed by atoms with Crippen molar-refractivity contribution in [2.24, 2.45) is 11.8 Å². The Balaban J connectivity index is 1.95.